The normalized spacial score (nSPS) is 10.4. The molecule has 2 rings (SSSR count). The van der Waals surface area contributed by atoms with Gasteiger partial charge in [0.25, 0.3) is 5.69 Å². The molecule has 0 aromatic heterocycles. The van der Waals surface area contributed by atoms with Gasteiger partial charge in [-0.1, -0.05) is 23.8 Å². The molecule has 0 saturated carbocycles. The fourth-order valence-corrected chi connectivity index (χ4v) is 2.24. The summed E-state index contributed by atoms with van der Waals surface area (Å²) in [7, 11) is 0. The molecule has 0 aliphatic carbocycles. The van der Waals surface area contributed by atoms with Crippen molar-refractivity contribution in [2.24, 2.45) is 0 Å². The molecule has 2 aromatic rings. The zero-order valence-corrected chi connectivity index (χ0v) is 12.7. The second-order valence-corrected chi connectivity index (χ2v) is 5.17. The van der Waals surface area contributed by atoms with Crippen LogP contribution in [-0.2, 0) is 12.5 Å². The van der Waals surface area contributed by atoms with Gasteiger partial charge in [-0.3, -0.25) is 10.1 Å². The molecule has 4 nitrogen and oxygen atoms in total. The monoisotopic (exact) mass is 305 g/mol. The molecule has 0 N–H and O–H groups in total. The van der Waals surface area contributed by atoms with E-state index in [0.29, 0.717) is 17.9 Å². The third kappa shape index (κ3) is 3.73. The van der Waals surface area contributed by atoms with Crippen LogP contribution in [0.2, 0.25) is 0 Å². The fourth-order valence-electron chi connectivity index (χ4n) is 2.04. The Hall–Kier alpha value is -2.07. The molecule has 0 bridgehead atoms. The first kappa shape index (κ1) is 15.3. The van der Waals surface area contributed by atoms with Crippen molar-refractivity contribution in [3.63, 3.8) is 0 Å². The minimum atomic E-state index is -0.440. The van der Waals surface area contributed by atoms with Crippen molar-refractivity contribution in [3.05, 3.63) is 68.8 Å². The quantitative estimate of drug-likeness (QED) is 0.463. The van der Waals surface area contributed by atoms with E-state index in [1.165, 1.54) is 17.7 Å². The van der Waals surface area contributed by atoms with Gasteiger partial charge in [0.2, 0.25) is 0 Å². The third-order valence-corrected chi connectivity index (χ3v) is 3.57. The Morgan fingerprint density at radius 2 is 1.90 bits per heavy atom. The van der Waals surface area contributed by atoms with E-state index < -0.39 is 4.92 Å². The van der Waals surface area contributed by atoms with E-state index in [2.05, 4.69) is 12.1 Å². The minimum Gasteiger partial charge on any atom is -0.489 e. The smallest absolute Gasteiger partial charge is 0.270 e. The van der Waals surface area contributed by atoms with Crippen molar-refractivity contribution < 1.29 is 9.66 Å². The highest BCUT2D eigenvalue weighted by molar-refractivity contribution is 6.17. The number of aryl methyl sites for hydroxylation is 2. The molecule has 110 valence electrons. The minimum absolute atomic E-state index is 0.0183. The molecule has 0 atom stereocenters. The van der Waals surface area contributed by atoms with E-state index in [9.17, 15) is 10.1 Å². The van der Waals surface area contributed by atoms with Crippen LogP contribution in [-0.4, -0.2) is 4.92 Å². The second kappa shape index (κ2) is 6.59. The van der Waals surface area contributed by atoms with Crippen molar-refractivity contribution in [1.29, 1.82) is 0 Å². The molecule has 2 aromatic carbocycles. The van der Waals surface area contributed by atoms with Gasteiger partial charge in [0.05, 0.1) is 10.8 Å². The zero-order valence-electron chi connectivity index (χ0n) is 11.9. The van der Waals surface area contributed by atoms with Crippen LogP contribution in [0.25, 0.3) is 0 Å². The summed E-state index contributed by atoms with van der Waals surface area (Å²) in [6.45, 7) is 4.46. The predicted octanol–water partition coefficient (Wildman–Crippen LogP) is 4.53. The van der Waals surface area contributed by atoms with E-state index in [-0.39, 0.29) is 11.6 Å². The average Bonchev–Trinajstić information content (AvgIpc) is 2.47. The summed E-state index contributed by atoms with van der Waals surface area (Å²) in [5.74, 6) is 0.751. The number of benzene rings is 2. The molecule has 21 heavy (non-hydrogen) atoms. The van der Waals surface area contributed by atoms with E-state index in [1.807, 2.05) is 19.9 Å². The molecule has 0 heterocycles. The van der Waals surface area contributed by atoms with Crippen LogP contribution >= 0.6 is 11.6 Å². The van der Waals surface area contributed by atoms with Crippen LogP contribution in [0.3, 0.4) is 0 Å². The number of nitro groups is 1. The third-order valence-electron chi connectivity index (χ3n) is 3.29. The number of nitro benzene ring substituents is 1. The lowest BCUT2D eigenvalue weighted by Gasteiger charge is -2.12. The Kier molecular flexibility index (Phi) is 4.81. The first-order valence-electron chi connectivity index (χ1n) is 6.53. The number of hydrogen-bond acceptors (Lipinski definition) is 3. The molecule has 0 spiro atoms. The van der Waals surface area contributed by atoms with Crippen molar-refractivity contribution in [2.45, 2.75) is 26.3 Å². The maximum Gasteiger partial charge on any atom is 0.270 e. The maximum atomic E-state index is 10.8. The number of hydrogen-bond donors (Lipinski definition) is 0. The summed E-state index contributed by atoms with van der Waals surface area (Å²) in [5, 5.41) is 10.8. The molecule has 0 aliphatic heterocycles. The predicted molar refractivity (Wildman–Crippen MR) is 82.9 cm³/mol. The highest BCUT2D eigenvalue weighted by Crippen LogP contribution is 2.26. The summed E-state index contributed by atoms with van der Waals surface area (Å²) in [6.07, 6.45) is 0. The van der Waals surface area contributed by atoms with Crippen LogP contribution in [0.1, 0.15) is 22.3 Å². The lowest BCUT2D eigenvalue weighted by molar-refractivity contribution is -0.384. The Morgan fingerprint density at radius 3 is 2.57 bits per heavy atom. The van der Waals surface area contributed by atoms with Gasteiger partial charge in [-0.25, -0.2) is 0 Å². The van der Waals surface area contributed by atoms with Crippen molar-refractivity contribution in [2.75, 3.05) is 0 Å². The van der Waals surface area contributed by atoms with Crippen LogP contribution < -0.4 is 4.74 Å². The SMILES string of the molecule is Cc1ccc(C)c(COc2ccc([N+](=O)[O-])cc2CCl)c1. The van der Waals surface area contributed by atoms with Crippen LogP contribution in [0, 0.1) is 24.0 Å². The van der Waals surface area contributed by atoms with Gasteiger partial charge in [0, 0.05) is 17.7 Å². The molecule has 0 fully saturated rings. The Labute approximate surface area is 128 Å². The van der Waals surface area contributed by atoms with Crippen molar-refractivity contribution in [1.82, 2.24) is 0 Å². The van der Waals surface area contributed by atoms with Crippen molar-refractivity contribution in [3.8, 4) is 5.75 Å². The molecule has 0 radical (unpaired) electrons. The largest absolute Gasteiger partial charge is 0.489 e. The maximum absolute atomic E-state index is 10.8. The molecule has 0 amide bonds. The van der Waals surface area contributed by atoms with E-state index in [1.54, 1.807) is 6.07 Å². The number of alkyl halides is 1. The average molecular weight is 306 g/mol. The summed E-state index contributed by atoms with van der Waals surface area (Å²) in [4.78, 5) is 10.3. The van der Waals surface area contributed by atoms with E-state index in [4.69, 9.17) is 16.3 Å². The van der Waals surface area contributed by atoms with Gasteiger partial charge < -0.3 is 4.74 Å². The van der Waals surface area contributed by atoms with Crippen LogP contribution in [0.15, 0.2) is 36.4 Å². The van der Waals surface area contributed by atoms with Crippen molar-refractivity contribution >= 4 is 17.3 Å². The number of non-ortho nitro benzene ring substituents is 1. The standard InChI is InChI=1S/C16H16ClNO3/c1-11-3-4-12(2)14(7-11)10-21-16-6-5-15(18(19)20)8-13(16)9-17/h3-8H,9-10H2,1-2H3. The second-order valence-electron chi connectivity index (χ2n) is 4.90. The van der Waals surface area contributed by atoms with Gasteiger partial charge in [0.1, 0.15) is 12.4 Å². The Morgan fingerprint density at radius 1 is 1.14 bits per heavy atom. The van der Waals surface area contributed by atoms with Gasteiger partial charge in [-0.2, -0.15) is 0 Å². The first-order valence-corrected chi connectivity index (χ1v) is 7.07. The van der Waals surface area contributed by atoms with E-state index >= 15 is 0 Å². The molecule has 0 saturated heterocycles. The Bertz CT molecular complexity index is 671. The highest BCUT2D eigenvalue weighted by Gasteiger charge is 2.11. The molecular weight excluding hydrogens is 290 g/mol. The summed E-state index contributed by atoms with van der Waals surface area (Å²) >= 11 is 5.84. The number of nitrogens with zero attached hydrogens (tertiary/aromatic N) is 1. The molecule has 0 aliphatic rings. The Balaban J connectivity index is 2.19. The van der Waals surface area contributed by atoms with Gasteiger partial charge in [-0.05, 0) is 31.0 Å². The van der Waals surface area contributed by atoms with Gasteiger partial charge in [0.15, 0.2) is 0 Å². The number of ether oxygens (including phenoxy) is 1. The van der Waals surface area contributed by atoms with Gasteiger partial charge in [-0.15, -0.1) is 11.6 Å². The zero-order chi connectivity index (χ0) is 15.4. The summed E-state index contributed by atoms with van der Waals surface area (Å²) < 4.78 is 5.78. The van der Waals surface area contributed by atoms with Gasteiger partial charge >= 0.3 is 0 Å². The van der Waals surface area contributed by atoms with E-state index in [0.717, 1.165) is 11.1 Å². The lowest BCUT2D eigenvalue weighted by Crippen LogP contribution is -2.01. The molecular formula is C16H16ClNO3. The highest BCUT2D eigenvalue weighted by atomic mass is 35.5. The number of halogens is 1. The molecule has 5 heteroatoms. The van der Waals surface area contributed by atoms with Crippen LogP contribution in [0.4, 0.5) is 5.69 Å². The number of rotatable bonds is 5. The molecule has 0 unspecified atom stereocenters. The summed E-state index contributed by atoms with van der Waals surface area (Å²) in [5.41, 5.74) is 4.05. The topological polar surface area (TPSA) is 52.4 Å². The first-order chi connectivity index (χ1) is 10.0. The van der Waals surface area contributed by atoms with Crippen LogP contribution in [0.5, 0.6) is 5.75 Å². The lowest BCUT2D eigenvalue weighted by atomic mass is 10.1. The summed E-state index contributed by atoms with van der Waals surface area (Å²) in [6, 6.07) is 10.6. The fraction of sp³-hybridized carbons (Fsp3) is 0.250.